The number of rotatable bonds is 7. The number of carbonyl (C=O) groups excluding carboxylic acids is 1. The van der Waals surface area contributed by atoms with Gasteiger partial charge >= 0.3 is 0 Å². The molecular formula is C18H29FN4O. The number of hydrogen-bond donors (Lipinski definition) is 2. The summed E-state index contributed by atoms with van der Waals surface area (Å²) in [6.45, 7) is 7.80. The summed E-state index contributed by atoms with van der Waals surface area (Å²) in [5, 5.41) is 6.32. The van der Waals surface area contributed by atoms with Crippen LogP contribution in [0.1, 0.15) is 32.8 Å². The predicted molar refractivity (Wildman–Crippen MR) is 96.7 cm³/mol. The van der Waals surface area contributed by atoms with E-state index in [9.17, 15) is 9.18 Å². The molecule has 0 heterocycles. The third-order valence-electron chi connectivity index (χ3n) is 3.71. The Morgan fingerprint density at radius 3 is 2.58 bits per heavy atom. The number of guanidine groups is 1. The first kappa shape index (κ1) is 19.9. The number of nitrogens with zero attached hydrogens (tertiary/aromatic N) is 2. The molecule has 24 heavy (non-hydrogen) atoms. The number of nitrogens with one attached hydrogen (secondary N) is 2. The second-order valence-electron chi connectivity index (χ2n) is 6.55. The summed E-state index contributed by atoms with van der Waals surface area (Å²) in [7, 11) is 3.48. The molecule has 5 nitrogen and oxygen atoms in total. The van der Waals surface area contributed by atoms with Crippen molar-refractivity contribution in [3.8, 4) is 0 Å². The van der Waals surface area contributed by atoms with Crippen LogP contribution >= 0.6 is 0 Å². The minimum Gasteiger partial charge on any atom is -0.357 e. The first-order valence-corrected chi connectivity index (χ1v) is 8.24. The average molecular weight is 336 g/mol. The van der Waals surface area contributed by atoms with Crippen LogP contribution in [0.3, 0.4) is 0 Å². The Kier molecular flexibility index (Phi) is 7.68. The van der Waals surface area contributed by atoms with E-state index in [2.05, 4.69) is 15.6 Å². The monoisotopic (exact) mass is 336 g/mol. The van der Waals surface area contributed by atoms with Gasteiger partial charge in [0.15, 0.2) is 5.96 Å². The van der Waals surface area contributed by atoms with E-state index in [0.717, 1.165) is 12.1 Å². The molecule has 0 saturated carbocycles. The van der Waals surface area contributed by atoms with E-state index in [1.807, 2.05) is 26.8 Å². The highest BCUT2D eigenvalue weighted by Crippen LogP contribution is 2.24. The van der Waals surface area contributed by atoms with Crippen LogP contribution in [-0.4, -0.2) is 50.5 Å². The summed E-state index contributed by atoms with van der Waals surface area (Å²) in [5.41, 5.74) is 0.620. The third-order valence-corrected chi connectivity index (χ3v) is 3.71. The Balaban J connectivity index is 2.68. The Labute approximate surface area is 144 Å². The number of amides is 1. The van der Waals surface area contributed by atoms with Crippen molar-refractivity contribution in [1.29, 1.82) is 0 Å². The summed E-state index contributed by atoms with van der Waals surface area (Å²) >= 11 is 0. The van der Waals surface area contributed by atoms with E-state index in [4.69, 9.17) is 0 Å². The van der Waals surface area contributed by atoms with Crippen molar-refractivity contribution >= 4 is 11.9 Å². The van der Waals surface area contributed by atoms with Gasteiger partial charge in [0, 0.05) is 39.0 Å². The number of benzene rings is 1. The van der Waals surface area contributed by atoms with Gasteiger partial charge in [0.25, 0.3) is 0 Å². The van der Waals surface area contributed by atoms with Gasteiger partial charge in [0.1, 0.15) is 5.82 Å². The van der Waals surface area contributed by atoms with Crippen LogP contribution in [0.15, 0.2) is 29.3 Å². The number of aliphatic imine (C=N–C) groups is 1. The van der Waals surface area contributed by atoms with Gasteiger partial charge in [-0.2, -0.15) is 0 Å². The summed E-state index contributed by atoms with van der Waals surface area (Å²) in [4.78, 5) is 17.8. The molecule has 0 bridgehead atoms. The van der Waals surface area contributed by atoms with Crippen molar-refractivity contribution in [2.75, 3.05) is 33.7 Å². The molecule has 1 aromatic rings. The van der Waals surface area contributed by atoms with E-state index in [0.29, 0.717) is 25.5 Å². The van der Waals surface area contributed by atoms with Crippen molar-refractivity contribution in [3.63, 3.8) is 0 Å². The van der Waals surface area contributed by atoms with E-state index >= 15 is 0 Å². The van der Waals surface area contributed by atoms with Crippen LogP contribution in [0, 0.1) is 5.82 Å². The molecule has 0 saturated heterocycles. The first-order valence-electron chi connectivity index (χ1n) is 8.24. The Hall–Kier alpha value is -2.11. The van der Waals surface area contributed by atoms with Gasteiger partial charge in [-0.3, -0.25) is 9.79 Å². The Bertz CT molecular complexity index is 570. The molecule has 1 aromatic carbocycles. The van der Waals surface area contributed by atoms with E-state index in [1.54, 1.807) is 31.1 Å². The fourth-order valence-electron chi connectivity index (χ4n) is 2.13. The molecule has 0 aliphatic heterocycles. The quantitative estimate of drug-likeness (QED) is 0.592. The molecule has 0 atom stereocenters. The Morgan fingerprint density at radius 2 is 2.00 bits per heavy atom. The van der Waals surface area contributed by atoms with Crippen molar-refractivity contribution in [1.82, 2.24) is 15.5 Å². The van der Waals surface area contributed by atoms with Crippen LogP contribution < -0.4 is 10.6 Å². The lowest BCUT2D eigenvalue weighted by molar-refractivity contribution is -0.128. The highest BCUT2D eigenvalue weighted by Gasteiger charge is 2.21. The maximum Gasteiger partial charge on any atom is 0.223 e. The van der Waals surface area contributed by atoms with Crippen LogP contribution in [0.25, 0.3) is 0 Å². The average Bonchev–Trinajstić information content (AvgIpc) is 2.52. The molecule has 1 amide bonds. The molecule has 6 heteroatoms. The summed E-state index contributed by atoms with van der Waals surface area (Å²) in [5.74, 6) is 0.490. The lowest BCUT2D eigenvalue weighted by Crippen LogP contribution is -2.40. The summed E-state index contributed by atoms with van der Waals surface area (Å²) in [6.07, 6.45) is 0.407. The second-order valence-corrected chi connectivity index (χ2v) is 6.55. The van der Waals surface area contributed by atoms with Gasteiger partial charge in [-0.15, -0.1) is 0 Å². The van der Waals surface area contributed by atoms with Gasteiger partial charge in [0.05, 0.1) is 6.54 Å². The first-order chi connectivity index (χ1) is 11.3. The maximum absolute atomic E-state index is 13.4. The lowest BCUT2D eigenvalue weighted by atomic mass is 9.85. The fourth-order valence-corrected chi connectivity index (χ4v) is 2.13. The highest BCUT2D eigenvalue weighted by atomic mass is 19.1. The molecule has 0 aromatic heterocycles. The molecule has 2 N–H and O–H groups in total. The third kappa shape index (κ3) is 6.56. The number of halogens is 1. The van der Waals surface area contributed by atoms with Gasteiger partial charge in [-0.05, 0) is 24.6 Å². The molecule has 0 aliphatic carbocycles. The minimum atomic E-state index is -0.288. The van der Waals surface area contributed by atoms with E-state index in [1.165, 1.54) is 6.07 Å². The smallest absolute Gasteiger partial charge is 0.223 e. The predicted octanol–water partition coefficient (Wildman–Crippen LogP) is 2.14. The number of hydrogen-bond acceptors (Lipinski definition) is 2. The zero-order chi connectivity index (χ0) is 18.2. The van der Waals surface area contributed by atoms with Crippen LogP contribution in [0.2, 0.25) is 0 Å². The zero-order valence-corrected chi connectivity index (χ0v) is 15.3. The van der Waals surface area contributed by atoms with Crippen LogP contribution in [-0.2, 0) is 10.2 Å². The number of carbonyl (C=O) groups is 1. The minimum absolute atomic E-state index is 0.0680. The molecule has 0 aliphatic rings. The largest absolute Gasteiger partial charge is 0.357 e. The van der Waals surface area contributed by atoms with Crippen molar-refractivity contribution < 1.29 is 9.18 Å². The summed E-state index contributed by atoms with van der Waals surface area (Å²) in [6, 6.07) is 6.61. The van der Waals surface area contributed by atoms with Gasteiger partial charge in [-0.1, -0.05) is 26.0 Å². The zero-order valence-electron chi connectivity index (χ0n) is 15.3. The van der Waals surface area contributed by atoms with E-state index < -0.39 is 0 Å². The van der Waals surface area contributed by atoms with Crippen LogP contribution in [0.5, 0.6) is 0 Å². The highest BCUT2D eigenvalue weighted by molar-refractivity contribution is 5.81. The van der Waals surface area contributed by atoms with E-state index in [-0.39, 0.29) is 17.1 Å². The standard InChI is InChI=1S/C18H29FN4O/c1-6-20-17(21-11-10-16(24)23(4)5)22-13-18(2,3)14-8-7-9-15(19)12-14/h7-9,12H,6,10-11,13H2,1-5H3,(H2,20,21,22). The fraction of sp³-hybridized carbons (Fsp3) is 0.556. The Morgan fingerprint density at radius 1 is 1.29 bits per heavy atom. The topological polar surface area (TPSA) is 56.7 Å². The molecule has 1 rings (SSSR count). The normalized spacial score (nSPS) is 12.0. The lowest BCUT2D eigenvalue weighted by Gasteiger charge is -2.24. The van der Waals surface area contributed by atoms with Crippen molar-refractivity contribution in [3.05, 3.63) is 35.6 Å². The molecule has 0 unspecified atom stereocenters. The maximum atomic E-state index is 13.4. The summed E-state index contributed by atoms with van der Waals surface area (Å²) < 4.78 is 13.4. The van der Waals surface area contributed by atoms with Crippen molar-refractivity contribution in [2.45, 2.75) is 32.6 Å². The molecule has 0 spiro atoms. The van der Waals surface area contributed by atoms with Crippen molar-refractivity contribution in [2.24, 2.45) is 4.99 Å². The van der Waals surface area contributed by atoms with Gasteiger partial charge < -0.3 is 15.5 Å². The van der Waals surface area contributed by atoms with Gasteiger partial charge in [0.2, 0.25) is 5.91 Å². The second kappa shape index (κ2) is 9.25. The van der Waals surface area contributed by atoms with Crippen LogP contribution in [0.4, 0.5) is 4.39 Å². The molecule has 134 valence electrons. The molecule has 0 radical (unpaired) electrons. The SMILES string of the molecule is CCNC(=NCC(C)(C)c1cccc(F)c1)NCCC(=O)N(C)C. The molecular weight excluding hydrogens is 307 g/mol. The molecule has 0 fully saturated rings. The van der Waals surface area contributed by atoms with Gasteiger partial charge in [-0.25, -0.2) is 4.39 Å².